The second kappa shape index (κ2) is 7.52. The number of hydrogen-bond acceptors (Lipinski definition) is 5. The zero-order chi connectivity index (χ0) is 20.6. The molecule has 1 aliphatic rings. The minimum absolute atomic E-state index is 0.00932. The number of carbonyl (C=O) groups is 1. The van der Waals surface area contributed by atoms with E-state index in [-0.39, 0.29) is 11.7 Å². The molecule has 0 unspecified atom stereocenters. The van der Waals surface area contributed by atoms with Gasteiger partial charge in [-0.15, -0.1) is 10.2 Å². The maximum absolute atomic E-state index is 13.2. The summed E-state index contributed by atoms with van der Waals surface area (Å²) < 4.78 is 5.72. The van der Waals surface area contributed by atoms with Crippen molar-refractivity contribution in [2.75, 3.05) is 10.7 Å². The number of fused-ring (bicyclic) bond motifs is 1. The maximum atomic E-state index is 13.2. The van der Waals surface area contributed by atoms with Gasteiger partial charge in [0.25, 0.3) is 5.22 Å². The van der Waals surface area contributed by atoms with Gasteiger partial charge in [0.15, 0.2) is 0 Å². The predicted molar refractivity (Wildman–Crippen MR) is 117 cm³/mol. The Kier molecular flexibility index (Phi) is 5.04. The largest absolute Gasteiger partial charge is 0.411 e. The van der Waals surface area contributed by atoms with Crippen LogP contribution in [-0.4, -0.2) is 27.4 Å². The summed E-state index contributed by atoms with van der Waals surface area (Å²) in [5.74, 6) is 0.688. The van der Waals surface area contributed by atoms with Crippen LogP contribution in [0.2, 0.25) is 0 Å². The van der Waals surface area contributed by atoms with E-state index in [1.54, 1.807) is 0 Å². The lowest BCUT2D eigenvalue weighted by atomic mass is 9.88. The molecule has 0 bridgehead atoms. The molecule has 0 radical (unpaired) electrons. The van der Waals surface area contributed by atoms with Crippen LogP contribution < -0.4 is 4.90 Å². The molecular weight excluding hydrogens is 382 g/mol. The quantitative estimate of drug-likeness (QED) is 0.547. The molecule has 4 rings (SSSR count). The lowest BCUT2D eigenvalue weighted by Crippen LogP contribution is -2.49. The first-order valence-electron chi connectivity index (χ1n) is 9.50. The van der Waals surface area contributed by atoms with Gasteiger partial charge < -0.3 is 9.32 Å². The number of benzene rings is 2. The summed E-state index contributed by atoms with van der Waals surface area (Å²) in [5.41, 5.74) is 4.82. The van der Waals surface area contributed by atoms with E-state index in [2.05, 4.69) is 55.2 Å². The van der Waals surface area contributed by atoms with Gasteiger partial charge in [0.2, 0.25) is 11.8 Å². The molecule has 0 spiro atoms. The smallest absolute Gasteiger partial charge is 0.277 e. The van der Waals surface area contributed by atoms with E-state index < -0.39 is 5.54 Å². The van der Waals surface area contributed by atoms with Crippen molar-refractivity contribution in [2.45, 2.75) is 38.5 Å². The zero-order valence-corrected chi connectivity index (χ0v) is 17.8. The van der Waals surface area contributed by atoms with Crippen LogP contribution in [0.4, 0.5) is 5.69 Å². The highest BCUT2D eigenvalue weighted by Gasteiger charge is 2.35. The van der Waals surface area contributed by atoms with Crippen LogP contribution in [0.3, 0.4) is 0 Å². The molecule has 0 fully saturated rings. The molecule has 2 heterocycles. The molecule has 1 aromatic heterocycles. The van der Waals surface area contributed by atoms with E-state index >= 15 is 0 Å². The van der Waals surface area contributed by atoms with Gasteiger partial charge in [0.05, 0.1) is 17.0 Å². The summed E-state index contributed by atoms with van der Waals surface area (Å²) in [4.78, 5) is 15.1. The van der Waals surface area contributed by atoms with Gasteiger partial charge in [0, 0.05) is 11.1 Å². The van der Waals surface area contributed by atoms with Crippen molar-refractivity contribution in [3.8, 4) is 11.5 Å². The fourth-order valence-corrected chi connectivity index (χ4v) is 4.36. The van der Waals surface area contributed by atoms with Gasteiger partial charge in [-0.3, -0.25) is 4.79 Å². The molecule has 3 aromatic rings. The van der Waals surface area contributed by atoms with Gasteiger partial charge in [-0.05, 0) is 57.0 Å². The van der Waals surface area contributed by atoms with E-state index in [4.69, 9.17) is 4.42 Å². The number of rotatable bonds is 4. The highest BCUT2D eigenvalue weighted by molar-refractivity contribution is 7.99. The van der Waals surface area contributed by atoms with Crippen LogP contribution in [0, 0.1) is 6.92 Å². The molecule has 0 aliphatic carbocycles. The Labute approximate surface area is 174 Å². The Hall–Kier alpha value is -2.86. The molecule has 0 N–H and O–H groups in total. The Morgan fingerprint density at radius 2 is 1.86 bits per heavy atom. The zero-order valence-electron chi connectivity index (χ0n) is 17.0. The molecule has 5 nitrogen and oxygen atoms in total. The number of carbonyl (C=O) groups excluding carboxylic acids is 1. The Morgan fingerprint density at radius 3 is 2.62 bits per heavy atom. The molecule has 0 saturated heterocycles. The minimum atomic E-state index is -0.410. The highest BCUT2D eigenvalue weighted by atomic mass is 32.2. The predicted octanol–water partition coefficient (Wildman–Crippen LogP) is 5.37. The first-order valence-corrected chi connectivity index (χ1v) is 10.5. The van der Waals surface area contributed by atoms with Gasteiger partial charge in [0.1, 0.15) is 0 Å². The SMILES string of the molecule is CC1=CC(C)(C)N(C(=O)CSc2nnc(-c3ccccc3)o2)c2cc(C)ccc21. The van der Waals surface area contributed by atoms with Crippen LogP contribution in [0.1, 0.15) is 31.9 Å². The third-order valence-corrected chi connectivity index (χ3v) is 5.76. The summed E-state index contributed by atoms with van der Waals surface area (Å²) >= 11 is 1.27. The third kappa shape index (κ3) is 3.85. The second-order valence-electron chi connectivity index (χ2n) is 7.76. The van der Waals surface area contributed by atoms with Gasteiger partial charge in [-0.2, -0.15) is 0 Å². The lowest BCUT2D eigenvalue weighted by molar-refractivity contribution is -0.116. The number of anilines is 1. The van der Waals surface area contributed by atoms with E-state index in [9.17, 15) is 4.79 Å². The Morgan fingerprint density at radius 1 is 1.10 bits per heavy atom. The fraction of sp³-hybridized carbons (Fsp3) is 0.261. The number of thioether (sulfide) groups is 1. The van der Waals surface area contributed by atoms with E-state index in [1.807, 2.05) is 42.2 Å². The summed E-state index contributed by atoms with van der Waals surface area (Å²) in [6, 6.07) is 15.8. The first kappa shape index (κ1) is 19.5. The molecule has 1 aliphatic heterocycles. The molecule has 0 atom stereocenters. The van der Waals surface area contributed by atoms with Crippen molar-refractivity contribution < 1.29 is 9.21 Å². The first-order chi connectivity index (χ1) is 13.8. The number of nitrogens with zero attached hydrogens (tertiary/aromatic N) is 3. The molecule has 148 valence electrons. The van der Waals surface area contributed by atoms with Gasteiger partial charge >= 0.3 is 0 Å². The van der Waals surface area contributed by atoms with Crippen LogP contribution >= 0.6 is 11.8 Å². The Bertz CT molecular complexity index is 1090. The molecule has 29 heavy (non-hydrogen) atoms. The molecular formula is C23H23N3O2S. The number of allylic oxidation sites excluding steroid dienone is 1. The number of hydrogen-bond donors (Lipinski definition) is 0. The standard InChI is InChI=1S/C23H23N3O2S/c1-15-10-11-18-16(2)13-23(3,4)26(19(18)12-15)20(27)14-29-22-25-24-21(28-22)17-8-6-5-7-9-17/h5-13H,14H2,1-4H3. The molecule has 0 saturated carbocycles. The average Bonchev–Trinajstić information content (AvgIpc) is 3.15. The summed E-state index contributed by atoms with van der Waals surface area (Å²) in [6.07, 6.45) is 2.15. The monoisotopic (exact) mass is 405 g/mol. The number of aryl methyl sites for hydroxylation is 1. The molecule has 2 aromatic carbocycles. The highest BCUT2D eigenvalue weighted by Crippen LogP contribution is 2.40. The molecule has 6 heteroatoms. The van der Waals surface area contributed by atoms with E-state index in [0.29, 0.717) is 11.1 Å². The van der Waals surface area contributed by atoms with Crippen molar-refractivity contribution >= 4 is 28.9 Å². The van der Waals surface area contributed by atoms with Gasteiger partial charge in [-0.25, -0.2) is 0 Å². The van der Waals surface area contributed by atoms with Crippen LogP contribution in [-0.2, 0) is 4.79 Å². The van der Waals surface area contributed by atoms with Crippen molar-refractivity contribution in [1.29, 1.82) is 0 Å². The van der Waals surface area contributed by atoms with Crippen molar-refractivity contribution in [2.24, 2.45) is 0 Å². The number of amides is 1. The van der Waals surface area contributed by atoms with Crippen LogP contribution in [0.15, 0.2) is 64.2 Å². The normalized spacial score (nSPS) is 15.0. The van der Waals surface area contributed by atoms with Crippen molar-refractivity contribution in [3.63, 3.8) is 0 Å². The van der Waals surface area contributed by atoms with Gasteiger partial charge in [-0.1, -0.05) is 48.2 Å². The third-order valence-electron chi connectivity index (χ3n) is 4.96. The minimum Gasteiger partial charge on any atom is -0.411 e. The van der Waals surface area contributed by atoms with Crippen molar-refractivity contribution in [3.05, 3.63) is 65.7 Å². The number of aromatic nitrogens is 2. The Balaban J connectivity index is 1.54. The van der Waals surface area contributed by atoms with Crippen LogP contribution in [0.25, 0.3) is 17.0 Å². The van der Waals surface area contributed by atoms with E-state index in [1.165, 1.54) is 17.3 Å². The topological polar surface area (TPSA) is 59.2 Å². The second-order valence-corrected chi connectivity index (χ2v) is 8.69. The average molecular weight is 406 g/mol. The van der Waals surface area contributed by atoms with Crippen LogP contribution in [0.5, 0.6) is 0 Å². The van der Waals surface area contributed by atoms with Crippen molar-refractivity contribution in [1.82, 2.24) is 10.2 Å². The maximum Gasteiger partial charge on any atom is 0.277 e. The van der Waals surface area contributed by atoms with E-state index in [0.717, 1.165) is 22.4 Å². The summed E-state index contributed by atoms with van der Waals surface area (Å²) in [6.45, 7) is 8.26. The lowest BCUT2D eigenvalue weighted by Gasteiger charge is -2.41. The fourth-order valence-electron chi connectivity index (χ4n) is 3.75. The summed E-state index contributed by atoms with van der Waals surface area (Å²) in [5, 5.41) is 8.56. The molecule has 1 amide bonds. The summed E-state index contributed by atoms with van der Waals surface area (Å²) in [7, 11) is 0.